The van der Waals surface area contributed by atoms with Gasteiger partial charge in [-0.2, -0.15) is 0 Å². The van der Waals surface area contributed by atoms with Gasteiger partial charge in [-0.15, -0.1) is 0 Å². The summed E-state index contributed by atoms with van der Waals surface area (Å²) < 4.78 is 5.46. The Labute approximate surface area is 93.7 Å². The SMILES string of the molecule is CCCCOCCCNC(=NC)N(C)C. The average molecular weight is 215 g/mol. The molecular formula is C11H25N3O. The highest BCUT2D eigenvalue weighted by molar-refractivity contribution is 5.79. The first-order valence-electron chi connectivity index (χ1n) is 5.68. The minimum absolute atomic E-state index is 0.831. The summed E-state index contributed by atoms with van der Waals surface area (Å²) in [5.41, 5.74) is 0. The van der Waals surface area contributed by atoms with Gasteiger partial charge < -0.3 is 15.0 Å². The van der Waals surface area contributed by atoms with Crippen LogP contribution >= 0.6 is 0 Å². The second-order valence-electron chi connectivity index (χ2n) is 3.69. The second kappa shape index (κ2) is 9.77. The Morgan fingerprint density at radius 2 is 1.93 bits per heavy atom. The molecule has 0 aliphatic carbocycles. The number of hydrogen-bond acceptors (Lipinski definition) is 2. The van der Waals surface area contributed by atoms with E-state index < -0.39 is 0 Å². The summed E-state index contributed by atoms with van der Waals surface area (Å²) in [6, 6.07) is 0. The predicted molar refractivity (Wildman–Crippen MR) is 65.4 cm³/mol. The third-order valence-corrected chi connectivity index (χ3v) is 2.03. The van der Waals surface area contributed by atoms with Gasteiger partial charge in [0, 0.05) is 40.9 Å². The summed E-state index contributed by atoms with van der Waals surface area (Å²) in [4.78, 5) is 6.10. The van der Waals surface area contributed by atoms with Gasteiger partial charge >= 0.3 is 0 Å². The third kappa shape index (κ3) is 8.24. The van der Waals surface area contributed by atoms with E-state index in [2.05, 4.69) is 17.2 Å². The van der Waals surface area contributed by atoms with E-state index in [1.54, 1.807) is 7.05 Å². The van der Waals surface area contributed by atoms with Gasteiger partial charge in [0.05, 0.1) is 0 Å². The quantitative estimate of drug-likeness (QED) is 0.395. The maximum Gasteiger partial charge on any atom is 0.193 e. The van der Waals surface area contributed by atoms with Gasteiger partial charge in [-0.1, -0.05) is 13.3 Å². The van der Waals surface area contributed by atoms with Crippen LogP contribution in [0, 0.1) is 0 Å². The smallest absolute Gasteiger partial charge is 0.193 e. The molecule has 0 aromatic rings. The number of unbranched alkanes of at least 4 members (excludes halogenated alkanes) is 1. The highest BCUT2D eigenvalue weighted by atomic mass is 16.5. The lowest BCUT2D eigenvalue weighted by atomic mass is 10.4. The Hall–Kier alpha value is -0.770. The van der Waals surface area contributed by atoms with E-state index in [9.17, 15) is 0 Å². The Bertz CT molecular complexity index is 169. The van der Waals surface area contributed by atoms with Crippen molar-refractivity contribution in [3.63, 3.8) is 0 Å². The molecule has 0 aromatic carbocycles. The molecule has 0 spiro atoms. The Morgan fingerprint density at radius 3 is 2.47 bits per heavy atom. The molecule has 0 fully saturated rings. The minimum Gasteiger partial charge on any atom is -0.381 e. The zero-order valence-electron chi connectivity index (χ0n) is 10.5. The van der Waals surface area contributed by atoms with Crippen LogP contribution in [0.3, 0.4) is 0 Å². The molecule has 0 aromatic heterocycles. The molecule has 0 rings (SSSR count). The second-order valence-corrected chi connectivity index (χ2v) is 3.69. The standard InChI is InChI=1S/C11H25N3O/c1-5-6-9-15-10-7-8-13-11(12-2)14(3)4/h5-10H2,1-4H3,(H,12,13). The molecule has 0 radical (unpaired) electrons. The van der Waals surface area contributed by atoms with E-state index in [0.717, 1.165) is 38.6 Å². The van der Waals surface area contributed by atoms with E-state index in [0.29, 0.717) is 0 Å². The topological polar surface area (TPSA) is 36.9 Å². The Morgan fingerprint density at radius 1 is 1.27 bits per heavy atom. The summed E-state index contributed by atoms with van der Waals surface area (Å²) in [5.74, 6) is 0.920. The molecule has 0 saturated heterocycles. The van der Waals surface area contributed by atoms with Crippen molar-refractivity contribution in [3.05, 3.63) is 0 Å². The Balaban J connectivity index is 3.30. The number of aliphatic imine (C=N–C) groups is 1. The number of rotatable bonds is 7. The zero-order valence-corrected chi connectivity index (χ0v) is 10.5. The van der Waals surface area contributed by atoms with Crippen LogP contribution in [0.25, 0.3) is 0 Å². The number of nitrogens with one attached hydrogen (secondary N) is 1. The van der Waals surface area contributed by atoms with Gasteiger partial charge in [0.15, 0.2) is 5.96 Å². The molecule has 0 atom stereocenters. The van der Waals surface area contributed by atoms with Crippen LogP contribution in [0.5, 0.6) is 0 Å². The van der Waals surface area contributed by atoms with E-state index in [-0.39, 0.29) is 0 Å². The van der Waals surface area contributed by atoms with Gasteiger partial charge in [0.2, 0.25) is 0 Å². The van der Waals surface area contributed by atoms with Gasteiger partial charge in [-0.3, -0.25) is 4.99 Å². The van der Waals surface area contributed by atoms with Crippen molar-refractivity contribution >= 4 is 5.96 Å². The van der Waals surface area contributed by atoms with Crippen molar-refractivity contribution in [1.29, 1.82) is 0 Å². The first-order chi connectivity index (χ1) is 7.22. The van der Waals surface area contributed by atoms with Crippen LogP contribution < -0.4 is 5.32 Å². The van der Waals surface area contributed by atoms with Crippen molar-refractivity contribution in [2.45, 2.75) is 26.2 Å². The summed E-state index contributed by atoms with van der Waals surface area (Å²) in [5, 5.41) is 3.26. The summed E-state index contributed by atoms with van der Waals surface area (Å²) in [6.45, 7) is 4.80. The van der Waals surface area contributed by atoms with Crippen molar-refractivity contribution in [1.82, 2.24) is 10.2 Å². The summed E-state index contributed by atoms with van der Waals surface area (Å²) >= 11 is 0. The third-order valence-electron chi connectivity index (χ3n) is 2.03. The van der Waals surface area contributed by atoms with E-state index in [1.165, 1.54) is 6.42 Å². The normalized spacial score (nSPS) is 11.6. The van der Waals surface area contributed by atoms with Gasteiger partial charge in [0.1, 0.15) is 0 Å². The molecule has 0 unspecified atom stereocenters. The lowest BCUT2D eigenvalue weighted by molar-refractivity contribution is 0.129. The average Bonchev–Trinajstić information content (AvgIpc) is 2.21. The first-order valence-corrected chi connectivity index (χ1v) is 5.68. The number of guanidine groups is 1. The summed E-state index contributed by atoms with van der Waals surface area (Å²) in [6.07, 6.45) is 3.38. The van der Waals surface area contributed by atoms with Crippen molar-refractivity contribution < 1.29 is 4.74 Å². The van der Waals surface area contributed by atoms with Crippen LogP contribution in [-0.4, -0.2) is 51.8 Å². The molecule has 0 saturated carbocycles. The fraction of sp³-hybridized carbons (Fsp3) is 0.909. The van der Waals surface area contributed by atoms with Gasteiger partial charge in [0.25, 0.3) is 0 Å². The maximum absolute atomic E-state index is 5.46. The molecule has 0 aliphatic rings. The zero-order chi connectivity index (χ0) is 11.5. The van der Waals surface area contributed by atoms with Crippen molar-refractivity contribution in [3.8, 4) is 0 Å². The molecule has 0 aliphatic heterocycles. The molecule has 0 heterocycles. The van der Waals surface area contributed by atoms with Crippen LogP contribution in [-0.2, 0) is 4.74 Å². The lowest BCUT2D eigenvalue weighted by Crippen LogP contribution is -2.37. The highest BCUT2D eigenvalue weighted by Crippen LogP contribution is 1.89. The molecular weight excluding hydrogens is 190 g/mol. The van der Waals surface area contributed by atoms with E-state index in [4.69, 9.17) is 4.74 Å². The van der Waals surface area contributed by atoms with E-state index >= 15 is 0 Å². The molecule has 15 heavy (non-hydrogen) atoms. The largest absolute Gasteiger partial charge is 0.381 e. The monoisotopic (exact) mass is 215 g/mol. The van der Waals surface area contributed by atoms with Crippen LogP contribution in [0.15, 0.2) is 4.99 Å². The van der Waals surface area contributed by atoms with Gasteiger partial charge in [-0.25, -0.2) is 0 Å². The fourth-order valence-electron chi connectivity index (χ4n) is 1.16. The number of hydrogen-bond donors (Lipinski definition) is 1. The lowest BCUT2D eigenvalue weighted by Gasteiger charge is -2.16. The summed E-state index contributed by atoms with van der Waals surface area (Å²) in [7, 11) is 5.75. The molecule has 0 bridgehead atoms. The van der Waals surface area contributed by atoms with Crippen molar-refractivity contribution in [2.75, 3.05) is 40.9 Å². The van der Waals surface area contributed by atoms with Gasteiger partial charge in [-0.05, 0) is 12.8 Å². The molecule has 0 amide bonds. The number of ether oxygens (including phenoxy) is 1. The minimum atomic E-state index is 0.831. The van der Waals surface area contributed by atoms with Crippen LogP contribution in [0.2, 0.25) is 0 Å². The molecule has 4 nitrogen and oxygen atoms in total. The number of nitrogens with zero attached hydrogens (tertiary/aromatic N) is 2. The van der Waals surface area contributed by atoms with E-state index in [1.807, 2.05) is 19.0 Å². The highest BCUT2D eigenvalue weighted by Gasteiger charge is 1.97. The molecule has 90 valence electrons. The Kier molecular flexibility index (Phi) is 9.27. The van der Waals surface area contributed by atoms with Crippen LogP contribution in [0.1, 0.15) is 26.2 Å². The van der Waals surface area contributed by atoms with Crippen LogP contribution in [0.4, 0.5) is 0 Å². The first kappa shape index (κ1) is 14.2. The van der Waals surface area contributed by atoms with Crippen molar-refractivity contribution in [2.24, 2.45) is 4.99 Å². The molecule has 1 N–H and O–H groups in total. The fourth-order valence-corrected chi connectivity index (χ4v) is 1.16. The predicted octanol–water partition coefficient (Wildman–Crippen LogP) is 1.33. The maximum atomic E-state index is 5.46. The molecule has 4 heteroatoms.